The van der Waals surface area contributed by atoms with Crippen LogP contribution in [0.5, 0.6) is 5.75 Å². The minimum atomic E-state index is -1.18. The number of ether oxygens (including phenoxy) is 1. The number of amides is 3. The van der Waals surface area contributed by atoms with Crippen molar-refractivity contribution in [3.05, 3.63) is 65.5 Å². The monoisotopic (exact) mass is 392 g/mol. The summed E-state index contributed by atoms with van der Waals surface area (Å²) >= 11 is 0. The van der Waals surface area contributed by atoms with Gasteiger partial charge in [0.05, 0.1) is 7.11 Å². The van der Waals surface area contributed by atoms with Crippen molar-refractivity contribution in [2.24, 2.45) is 0 Å². The van der Waals surface area contributed by atoms with Gasteiger partial charge in [0, 0.05) is 5.56 Å². The number of urea groups is 1. The fraction of sp³-hybridized carbons (Fsp3) is 0.238. The van der Waals surface area contributed by atoms with E-state index in [1.54, 1.807) is 38.3 Å². The van der Waals surface area contributed by atoms with Crippen LogP contribution in [0.2, 0.25) is 0 Å². The van der Waals surface area contributed by atoms with Gasteiger partial charge in [-0.1, -0.05) is 47.1 Å². The molecule has 0 aliphatic carbocycles. The third-order valence-corrected chi connectivity index (χ3v) is 5.01. The number of hydrogen-bond donors (Lipinski definition) is 1. The molecule has 0 saturated carbocycles. The standard InChI is InChI=1S/C21H20N4O4/c1-13-4-6-14(7-5-13)18-22-17(29-24-18)12-25-19(26)21(2,23-20(25)27)15-8-10-16(28-3)11-9-15/h4-11H,12H2,1-3H3,(H,23,27). The van der Waals surface area contributed by atoms with E-state index >= 15 is 0 Å². The van der Waals surface area contributed by atoms with Gasteiger partial charge in [0.15, 0.2) is 0 Å². The van der Waals surface area contributed by atoms with Crippen molar-refractivity contribution in [1.29, 1.82) is 0 Å². The maximum Gasteiger partial charge on any atom is 0.325 e. The topological polar surface area (TPSA) is 97.6 Å². The number of benzene rings is 2. The number of nitrogens with zero attached hydrogens (tertiary/aromatic N) is 3. The molecule has 148 valence electrons. The summed E-state index contributed by atoms with van der Waals surface area (Å²) in [6.45, 7) is 3.55. The van der Waals surface area contributed by atoms with Gasteiger partial charge in [-0.25, -0.2) is 4.79 Å². The van der Waals surface area contributed by atoms with Crippen LogP contribution in [0.25, 0.3) is 11.4 Å². The highest BCUT2D eigenvalue weighted by atomic mass is 16.5. The summed E-state index contributed by atoms with van der Waals surface area (Å²) in [5, 5.41) is 6.71. The molecule has 1 saturated heterocycles. The first-order valence-electron chi connectivity index (χ1n) is 9.09. The molecule has 0 bridgehead atoms. The highest BCUT2D eigenvalue weighted by molar-refractivity contribution is 6.07. The van der Waals surface area contributed by atoms with Crippen LogP contribution < -0.4 is 10.1 Å². The molecule has 8 heteroatoms. The Hall–Kier alpha value is -3.68. The van der Waals surface area contributed by atoms with Crippen molar-refractivity contribution in [2.75, 3.05) is 7.11 Å². The Kier molecular flexibility index (Phi) is 4.54. The van der Waals surface area contributed by atoms with Gasteiger partial charge in [-0.05, 0) is 31.5 Å². The number of carbonyl (C=O) groups is 2. The zero-order valence-electron chi connectivity index (χ0n) is 16.3. The molecule has 1 N–H and O–H groups in total. The molecular weight excluding hydrogens is 372 g/mol. The molecule has 3 amide bonds. The molecule has 1 aromatic heterocycles. The average molecular weight is 392 g/mol. The molecule has 8 nitrogen and oxygen atoms in total. The van der Waals surface area contributed by atoms with Crippen molar-refractivity contribution < 1.29 is 18.8 Å². The van der Waals surface area contributed by atoms with Crippen LogP contribution in [0.3, 0.4) is 0 Å². The first-order valence-corrected chi connectivity index (χ1v) is 9.09. The second kappa shape index (κ2) is 7.05. The largest absolute Gasteiger partial charge is 0.497 e. The summed E-state index contributed by atoms with van der Waals surface area (Å²) in [6, 6.07) is 14.2. The zero-order valence-corrected chi connectivity index (χ0v) is 16.3. The Morgan fingerprint density at radius 2 is 1.79 bits per heavy atom. The first kappa shape index (κ1) is 18.7. The third kappa shape index (κ3) is 3.33. The lowest BCUT2D eigenvalue weighted by molar-refractivity contribution is -0.131. The molecular formula is C21H20N4O4. The van der Waals surface area contributed by atoms with Gasteiger partial charge in [0.25, 0.3) is 5.91 Å². The molecule has 29 heavy (non-hydrogen) atoms. The van der Waals surface area contributed by atoms with Gasteiger partial charge >= 0.3 is 6.03 Å². The van der Waals surface area contributed by atoms with E-state index in [1.807, 2.05) is 31.2 Å². The average Bonchev–Trinajstić information content (AvgIpc) is 3.28. The van der Waals surface area contributed by atoms with Crippen LogP contribution in [0.4, 0.5) is 4.79 Å². The summed E-state index contributed by atoms with van der Waals surface area (Å²) in [5.41, 5.74) is 1.40. The van der Waals surface area contributed by atoms with Crippen LogP contribution in [-0.4, -0.2) is 34.1 Å². The number of hydrogen-bond acceptors (Lipinski definition) is 6. The highest BCUT2D eigenvalue weighted by Gasteiger charge is 2.49. The van der Waals surface area contributed by atoms with Crippen molar-refractivity contribution in [2.45, 2.75) is 25.9 Å². The number of carbonyl (C=O) groups excluding carboxylic acids is 2. The van der Waals surface area contributed by atoms with E-state index in [2.05, 4.69) is 15.5 Å². The lowest BCUT2D eigenvalue weighted by atomic mass is 9.92. The lowest BCUT2D eigenvalue weighted by Crippen LogP contribution is -2.40. The van der Waals surface area contributed by atoms with Crippen LogP contribution in [0.1, 0.15) is 23.9 Å². The molecule has 3 aromatic rings. The third-order valence-electron chi connectivity index (χ3n) is 5.01. The fourth-order valence-electron chi connectivity index (χ4n) is 3.23. The van der Waals surface area contributed by atoms with Gasteiger partial charge in [0.1, 0.15) is 17.8 Å². The first-order chi connectivity index (χ1) is 13.9. The van der Waals surface area contributed by atoms with Gasteiger partial charge in [-0.2, -0.15) is 4.98 Å². The second-order valence-electron chi connectivity index (χ2n) is 7.05. The minimum absolute atomic E-state index is 0.102. The highest BCUT2D eigenvalue weighted by Crippen LogP contribution is 2.31. The number of nitrogens with one attached hydrogen (secondary N) is 1. The number of rotatable bonds is 5. The second-order valence-corrected chi connectivity index (χ2v) is 7.05. The summed E-state index contributed by atoms with van der Waals surface area (Å²) in [4.78, 5) is 30.9. The van der Waals surface area contributed by atoms with Crippen molar-refractivity contribution >= 4 is 11.9 Å². The van der Waals surface area contributed by atoms with Crippen LogP contribution in [0.15, 0.2) is 53.1 Å². The maximum absolute atomic E-state index is 13.0. The minimum Gasteiger partial charge on any atom is -0.497 e. The Bertz CT molecular complexity index is 1060. The van der Waals surface area contributed by atoms with E-state index in [0.717, 1.165) is 16.0 Å². The lowest BCUT2D eigenvalue weighted by Gasteiger charge is -2.22. The molecule has 2 heterocycles. The Balaban J connectivity index is 1.54. The van der Waals surface area contributed by atoms with Crippen molar-refractivity contribution in [3.63, 3.8) is 0 Å². The van der Waals surface area contributed by atoms with Crippen LogP contribution >= 0.6 is 0 Å². The van der Waals surface area contributed by atoms with E-state index in [9.17, 15) is 9.59 Å². The van der Waals surface area contributed by atoms with Gasteiger partial charge in [-0.15, -0.1) is 0 Å². The SMILES string of the molecule is COc1ccc(C2(C)NC(=O)N(Cc3nc(-c4ccc(C)cc4)no3)C2=O)cc1. The van der Waals surface area contributed by atoms with E-state index < -0.39 is 11.6 Å². The van der Waals surface area contributed by atoms with E-state index in [-0.39, 0.29) is 18.3 Å². The summed E-state index contributed by atoms with van der Waals surface area (Å²) < 4.78 is 10.4. The van der Waals surface area contributed by atoms with Crippen LogP contribution in [0, 0.1) is 6.92 Å². The fourth-order valence-corrected chi connectivity index (χ4v) is 3.23. The molecule has 1 atom stereocenters. The van der Waals surface area contributed by atoms with Gasteiger partial charge in [0.2, 0.25) is 11.7 Å². The van der Waals surface area contributed by atoms with E-state index in [1.165, 1.54) is 0 Å². The molecule has 1 aliphatic heterocycles. The zero-order chi connectivity index (χ0) is 20.6. The molecule has 1 fully saturated rings. The van der Waals surface area contributed by atoms with Crippen molar-refractivity contribution in [1.82, 2.24) is 20.4 Å². The summed E-state index contributed by atoms with van der Waals surface area (Å²) in [7, 11) is 1.57. The Morgan fingerprint density at radius 3 is 2.45 bits per heavy atom. The smallest absolute Gasteiger partial charge is 0.325 e. The Morgan fingerprint density at radius 1 is 1.10 bits per heavy atom. The molecule has 1 aliphatic rings. The molecule has 0 spiro atoms. The summed E-state index contributed by atoms with van der Waals surface area (Å²) in [5.74, 6) is 0.872. The molecule has 4 rings (SSSR count). The molecule has 1 unspecified atom stereocenters. The number of aromatic nitrogens is 2. The van der Waals surface area contributed by atoms with Crippen molar-refractivity contribution in [3.8, 4) is 17.1 Å². The van der Waals surface area contributed by atoms with E-state index in [0.29, 0.717) is 17.1 Å². The molecule has 2 aromatic carbocycles. The Labute approximate surface area is 167 Å². The van der Waals surface area contributed by atoms with Gasteiger partial charge in [-0.3, -0.25) is 9.69 Å². The number of aryl methyl sites for hydroxylation is 1. The normalized spacial score (nSPS) is 18.8. The van der Waals surface area contributed by atoms with Gasteiger partial charge < -0.3 is 14.6 Å². The summed E-state index contributed by atoms with van der Waals surface area (Å²) in [6.07, 6.45) is 0. The van der Waals surface area contributed by atoms with Crippen LogP contribution in [-0.2, 0) is 16.9 Å². The quantitative estimate of drug-likeness (QED) is 0.671. The molecule has 0 radical (unpaired) electrons. The predicted molar refractivity (Wildman–Crippen MR) is 104 cm³/mol. The van der Waals surface area contributed by atoms with E-state index in [4.69, 9.17) is 9.26 Å². The predicted octanol–water partition coefficient (Wildman–Crippen LogP) is 3.02. The number of methoxy groups -OCH3 is 1. The maximum atomic E-state index is 13.0. The number of imide groups is 1.